The van der Waals surface area contributed by atoms with Crippen LogP contribution in [-0.4, -0.2) is 16.2 Å². The lowest BCUT2D eigenvalue weighted by atomic mass is 9.83. The van der Waals surface area contributed by atoms with E-state index in [-0.39, 0.29) is 0 Å². The summed E-state index contributed by atoms with van der Waals surface area (Å²) in [7, 11) is 0. The Hall–Kier alpha value is -1.94. The van der Waals surface area contributed by atoms with Gasteiger partial charge in [0.2, 0.25) is 0 Å². The lowest BCUT2D eigenvalue weighted by Crippen LogP contribution is -2.30. The Morgan fingerprint density at radius 2 is 1.88 bits per heavy atom. The van der Waals surface area contributed by atoms with E-state index >= 15 is 0 Å². The Kier molecular flexibility index (Phi) is 4.97. The molecule has 1 fully saturated rings. The van der Waals surface area contributed by atoms with E-state index in [0.717, 1.165) is 29.4 Å². The molecule has 1 N–H and O–H groups in total. The lowest BCUT2D eigenvalue weighted by Gasteiger charge is -2.30. The van der Waals surface area contributed by atoms with E-state index in [0.29, 0.717) is 6.04 Å². The van der Waals surface area contributed by atoms with Crippen molar-refractivity contribution >= 4 is 27.2 Å². The van der Waals surface area contributed by atoms with Gasteiger partial charge in [-0.25, -0.2) is 0 Å². The van der Waals surface area contributed by atoms with Crippen LogP contribution < -0.4 is 5.32 Å². The van der Waals surface area contributed by atoms with Crippen molar-refractivity contribution in [3.05, 3.63) is 41.8 Å². The molecule has 1 aromatic carbocycles. The van der Waals surface area contributed by atoms with Crippen molar-refractivity contribution in [2.75, 3.05) is 5.32 Å². The first kappa shape index (κ1) is 16.5. The first-order chi connectivity index (χ1) is 12.4. The van der Waals surface area contributed by atoms with E-state index in [4.69, 9.17) is 0 Å². The zero-order valence-corrected chi connectivity index (χ0v) is 15.6. The molecule has 1 unspecified atom stereocenters. The zero-order chi connectivity index (χ0) is 17.1. The number of benzene rings is 1. The first-order valence-electron chi connectivity index (χ1n) is 9.42. The second-order valence-electron chi connectivity index (χ2n) is 6.98. The maximum Gasteiger partial charge on any atom is 0.157 e. The predicted octanol–water partition coefficient (Wildman–Crippen LogP) is 6.13. The van der Waals surface area contributed by atoms with E-state index in [2.05, 4.69) is 58.1 Å². The molecule has 0 aliphatic heterocycles. The third-order valence-electron chi connectivity index (χ3n) is 5.41. The van der Waals surface area contributed by atoms with Crippen LogP contribution in [0.15, 0.2) is 41.8 Å². The van der Waals surface area contributed by atoms with Crippen LogP contribution in [0.25, 0.3) is 21.3 Å². The molecule has 2 aromatic heterocycles. The maximum atomic E-state index is 4.58. The number of anilines is 1. The average molecular weight is 352 g/mol. The fourth-order valence-electron chi connectivity index (χ4n) is 4.04. The van der Waals surface area contributed by atoms with Crippen LogP contribution in [0.2, 0.25) is 0 Å². The molecule has 2 heterocycles. The molecule has 4 heteroatoms. The van der Waals surface area contributed by atoms with Crippen LogP contribution in [0.5, 0.6) is 0 Å². The van der Waals surface area contributed by atoms with Gasteiger partial charge in [-0.1, -0.05) is 56.5 Å². The van der Waals surface area contributed by atoms with Gasteiger partial charge in [-0.15, -0.1) is 21.5 Å². The van der Waals surface area contributed by atoms with E-state index in [1.165, 1.54) is 42.2 Å². The average Bonchev–Trinajstić information content (AvgIpc) is 3.17. The Balaban J connectivity index is 1.66. The SMILES string of the molecule is CCC(Nc1nnc(-c2ccccc2)c2sccc12)C1CCCCC1. The van der Waals surface area contributed by atoms with Gasteiger partial charge in [0.1, 0.15) is 5.69 Å². The fraction of sp³-hybridized carbons (Fsp3) is 0.429. The second-order valence-corrected chi connectivity index (χ2v) is 7.90. The molecular weight excluding hydrogens is 326 g/mol. The van der Waals surface area contributed by atoms with Crippen LogP contribution in [-0.2, 0) is 0 Å². The number of nitrogens with zero attached hydrogens (tertiary/aromatic N) is 2. The molecule has 0 spiro atoms. The van der Waals surface area contributed by atoms with Gasteiger partial charge in [-0.05, 0) is 36.6 Å². The summed E-state index contributed by atoms with van der Waals surface area (Å²) in [5, 5.41) is 16.3. The van der Waals surface area contributed by atoms with Crippen molar-refractivity contribution in [3.63, 3.8) is 0 Å². The van der Waals surface area contributed by atoms with Crippen LogP contribution >= 0.6 is 11.3 Å². The topological polar surface area (TPSA) is 37.8 Å². The molecule has 3 aromatic rings. The molecule has 0 amide bonds. The predicted molar refractivity (Wildman–Crippen MR) is 107 cm³/mol. The Morgan fingerprint density at radius 3 is 2.64 bits per heavy atom. The summed E-state index contributed by atoms with van der Waals surface area (Å²) >= 11 is 1.75. The molecule has 1 atom stereocenters. The number of thiophene rings is 1. The highest BCUT2D eigenvalue weighted by molar-refractivity contribution is 7.17. The van der Waals surface area contributed by atoms with Crippen LogP contribution in [0.4, 0.5) is 5.82 Å². The number of aromatic nitrogens is 2. The van der Waals surface area contributed by atoms with Crippen molar-refractivity contribution in [2.45, 2.75) is 51.5 Å². The molecule has 3 nitrogen and oxygen atoms in total. The number of hydrogen-bond acceptors (Lipinski definition) is 4. The van der Waals surface area contributed by atoms with Crippen LogP contribution in [0.1, 0.15) is 45.4 Å². The minimum Gasteiger partial charge on any atom is -0.365 e. The third kappa shape index (κ3) is 3.40. The quantitative estimate of drug-likeness (QED) is 0.601. The second kappa shape index (κ2) is 7.52. The summed E-state index contributed by atoms with van der Waals surface area (Å²) in [5.41, 5.74) is 2.12. The van der Waals surface area contributed by atoms with E-state index < -0.39 is 0 Å². The number of rotatable bonds is 5. The van der Waals surface area contributed by atoms with Gasteiger partial charge in [0.15, 0.2) is 5.82 Å². The van der Waals surface area contributed by atoms with Gasteiger partial charge in [0.25, 0.3) is 0 Å². The number of fused-ring (bicyclic) bond motifs is 1. The normalized spacial score (nSPS) is 16.8. The molecule has 0 saturated heterocycles. The maximum absolute atomic E-state index is 4.58. The minimum atomic E-state index is 0.500. The van der Waals surface area contributed by atoms with Gasteiger partial charge in [0.05, 0.1) is 4.70 Å². The molecule has 1 saturated carbocycles. The van der Waals surface area contributed by atoms with E-state index in [9.17, 15) is 0 Å². The Labute approximate surface area is 153 Å². The molecule has 25 heavy (non-hydrogen) atoms. The summed E-state index contributed by atoms with van der Waals surface area (Å²) in [4.78, 5) is 0. The first-order valence-corrected chi connectivity index (χ1v) is 10.3. The van der Waals surface area contributed by atoms with Crippen molar-refractivity contribution in [1.82, 2.24) is 10.2 Å². The van der Waals surface area contributed by atoms with Crippen molar-refractivity contribution in [2.24, 2.45) is 5.92 Å². The molecule has 0 radical (unpaired) electrons. The highest BCUT2D eigenvalue weighted by Gasteiger charge is 2.23. The monoisotopic (exact) mass is 351 g/mol. The lowest BCUT2D eigenvalue weighted by molar-refractivity contribution is 0.312. The van der Waals surface area contributed by atoms with E-state index in [1.807, 2.05) is 6.07 Å². The summed E-state index contributed by atoms with van der Waals surface area (Å²) in [6.45, 7) is 2.28. The number of nitrogens with one attached hydrogen (secondary N) is 1. The fourth-order valence-corrected chi connectivity index (χ4v) is 4.94. The molecule has 1 aliphatic rings. The standard InChI is InChI=1S/C21H25N3S/c1-2-18(15-9-5-3-6-10-15)22-21-17-13-14-25-20(17)19(23-24-21)16-11-7-4-8-12-16/h4,7-8,11-15,18H,2-3,5-6,9-10H2,1H3,(H,22,24). The molecule has 130 valence electrons. The highest BCUT2D eigenvalue weighted by atomic mass is 32.1. The molecule has 4 rings (SSSR count). The van der Waals surface area contributed by atoms with Crippen LogP contribution in [0, 0.1) is 5.92 Å². The van der Waals surface area contributed by atoms with Gasteiger partial charge < -0.3 is 5.32 Å². The Morgan fingerprint density at radius 1 is 1.08 bits per heavy atom. The minimum absolute atomic E-state index is 0.500. The number of hydrogen-bond donors (Lipinski definition) is 1. The summed E-state index contributed by atoms with van der Waals surface area (Å²) in [6, 6.07) is 13.0. The van der Waals surface area contributed by atoms with Gasteiger partial charge in [-0.2, -0.15) is 0 Å². The largest absolute Gasteiger partial charge is 0.365 e. The highest BCUT2D eigenvalue weighted by Crippen LogP contribution is 2.35. The van der Waals surface area contributed by atoms with Crippen molar-refractivity contribution < 1.29 is 0 Å². The Bertz CT molecular complexity index is 822. The summed E-state index contributed by atoms with van der Waals surface area (Å²) in [5.74, 6) is 1.72. The van der Waals surface area contributed by atoms with Gasteiger partial charge in [0, 0.05) is 17.0 Å². The smallest absolute Gasteiger partial charge is 0.157 e. The van der Waals surface area contributed by atoms with Gasteiger partial charge in [-0.3, -0.25) is 0 Å². The zero-order valence-electron chi connectivity index (χ0n) is 14.7. The van der Waals surface area contributed by atoms with Crippen molar-refractivity contribution in [3.8, 4) is 11.3 Å². The summed E-state index contributed by atoms with van der Waals surface area (Å²) < 4.78 is 1.22. The molecule has 1 aliphatic carbocycles. The molecule has 0 bridgehead atoms. The van der Waals surface area contributed by atoms with Crippen molar-refractivity contribution in [1.29, 1.82) is 0 Å². The van der Waals surface area contributed by atoms with E-state index in [1.54, 1.807) is 11.3 Å². The molecular formula is C21H25N3S. The third-order valence-corrected chi connectivity index (χ3v) is 6.33. The van der Waals surface area contributed by atoms with Gasteiger partial charge >= 0.3 is 0 Å². The summed E-state index contributed by atoms with van der Waals surface area (Å²) in [6.07, 6.45) is 7.96. The van der Waals surface area contributed by atoms with Crippen LogP contribution in [0.3, 0.4) is 0 Å².